The van der Waals surface area contributed by atoms with Crippen LogP contribution < -0.4 is 0 Å². The molecule has 0 radical (unpaired) electrons. The Bertz CT molecular complexity index is 185. The van der Waals surface area contributed by atoms with Crippen LogP contribution in [0.1, 0.15) is 6.92 Å². The van der Waals surface area contributed by atoms with Gasteiger partial charge in [0.2, 0.25) is 0 Å². The van der Waals surface area contributed by atoms with E-state index in [9.17, 15) is 9.59 Å². The molecule has 0 fully saturated rings. The standard InChI is InChI=1S/C7H14N2O4/c1-6(5-10)8(2)7(11)13-9(3)12-4/h5-6H,1-4H3. The number of amides is 1. The highest BCUT2D eigenvalue weighted by Crippen LogP contribution is 1.97. The second-order valence-corrected chi connectivity index (χ2v) is 2.47. The smallest absolute Gasteiger partial charge is 0.325 e. The average molecular weight is 190 g/mol. The highest BCUT2D eigenvalue weighted by atomic mass is 17.0. The van der Waals surface area contributed by atoms with E-state index >= 15 is 0 Å². The van der Waals surface area contributed by atoms with Crippen LogP contribution in [0, 0.1) is 0 Å². The number of likely N-dealkylation sites (N-methyl/N-ethyl adjacent to an activating group) is 1. The Kier molecular flexibility index (Phi) is 5.01. The van der Waals surface area contributed by atoms with Gasteiger partial charge in [-0.2, -0.15) is 0 Å². The lowest BCUT2D eigenvalue weighted by atomic mass is 10.3. The Balaban J connectivity index is 4.03. The SMILES string of the molecule is CON(C)OC(=O)N(C)C(C)C=O. The molecule has 0 aromatic heterocycles. The highest BCUT2D eigenvalue weighted by Gasteiger charge is 2.18. The van der Waals surface area contributed by atoms with Crippen molar-refractivity contribution >= 4 is 12.4 Å². The average Bonchev–Trinajstić information content (AvgIpc) is 2.14. The summed E-state index contributed by atoms with van der Waals surface area (Å²) in [4.78, 5) is 31.8. The fraction of sp³-hybridized carbons (Fsp3) is 0.714. The van der Waals surface area contributed by atoms with Crippen LogP contribution in [-0.2, 0) is 14.5 Å². The van der Waals surface area contributed by atoms with Crippen molar-refractivity contribution in [1.82, 2.24) is 10.1 Å². The molecule has 0 saturated carbocycles. The fourth-order valence-electron chi connectivity index (χ4n) is 0.469. The van der Waals surface area contributed by atoms with Crippen LogP contribution in [-0.4, -0.2) is 49.8 Å². The van der Waals surface area contributed by atoms with Crippen molar-refractivity contribution in [3.8, 4) is 0 Å². The molecule has 0 aliphatic carbocycles. The van der Waals surface area contributed by atoms with E-state index in [-0.39, 0.29) is 0 Å². The van der Waals surface area contributed by atoms with Gasteiger partial charge in [0, 0.05) is 7.05 Å². The monoisotopic (exact) mass is 190 g/mol. The van der Waals surface area contributed by atoms with Gasteiger partial charge in [0.25, 0.3) is 0 Å². The van der Waals surface area contributed by atoms with E-state index < -0.39 is 12.1 Å². The minimum atomic E-state index is -0.649. The van der Waals surface area contributed by atoms with E-state index in [1.165, 1.54) is 21.2 Å². The third kappa shape index (κ3) is 3.86. The van der Waals surface area contributed by atoms with E-state index in [1.807, 2.05) is 0 Å². The van der Waals surface area contributed by atoms with Crippen molar-refractivity contribution in [2.45, 2.75) is 13.0 Å². The van der Waals surface area contributed by atoms with Crippen molar-refractivity contribution in [2.24, 2.45) is 0 Å². The second kappa shape index (κ2) is 5.50. The van der Waals surface area contributed by atoms with Crippen molar-refractivity contribution in [3.63, 3.8) is 0 Å². The maximum absolute atomic E-state index is 11.1. The van der Waals surface area contributed by atoms with Crippen molar-refractivity contribution in [2.75, 3.05) is 21.2 Å². The predicted octanol–water partition coefficient (Wildman–Crippen LogP) is 0.0504. The van der Waals surface area contributed by atoms with Gasteiger partial charge in [-0.3, -0.25) is 4.84 Å². The zero-order valence-electron chi connectivity index (χ0n) is 8.18. The number of hydroxylamine groups is 2. The normalized spacial score (nSPS) is 12.4. The van der Waals surface area contributed by atoms with Gasteiger partial charge in [-0.15, -0.1) is 0 Å². The summed E-state index contributed by atoms with van der Waals surface area (Å²) in [7, 11) is 4.25. The molecule has 6 heteroatoms. The largest absolute Gasteiger partial charge is 0.431 e. The molecule has 0 rings (SSSR count). The van der Waals surface area contributed by atoms with Gasteiger partial charge in [0.15, 0.2) is 0 Å². The van der Waals surface area contributed by atoms with Crippen LogP contribution in [0.4, 0.5) is 4.79 Å². The molecule has 6 nitrogen and oxygen atoms in total. The lowest BCUT2D eigenvalue weighted by Crippen LogP contribution is -2.39. The van der Waals surface area contributed by atoms with Gasteiger partial charge >= 0.3 is 6.09 Å². The number of rotatable bonds is 4. The van der Waals surface area contributed by atoms with Gasteiger partial charge in [-0.05, 0) is 12.2 Å². The fourth-order valence-corrected chi connectivity index (χ4v) is 0.469. The van der Waals surface area contributed by atoms with E-state index in [0.29, 0.717) is 6.29 Å². The molecule has 13 heavy (non-hydrogen) atoms. The van der Waals surface area contributed by atoms with E-state index in [1.54, 1.807) is 6.92 Å². The van der Waals surface area contributed by atoms with E-state index in [2.05, 4.69) is 9.68 Å². The summed E-state index contributed by atoms with van der Waals surface area (Å²) >= 11 is 0. The number of nitrogens with zero attached hydrogens (tertiary/aromatic N) is 2. The lowest BCUT2D eigenvalue weighted by Gasteiger charge is -2.21. The Morgan fingerprint density at radius 2 is 2.00 bits per heavy atom. The molecular weight excluding hydrogens is 176 g/mol. The Labute approximate surface area is 76.9 Å². The number of aldehydes is 1. The quantitative estimate of drug-likeness (QED) is 0.463. The van der Waals surface area contributed by atoms with Crippen molar-refractivity contribution in [3.05, 3.63) is 0 Å². The summed E-state index contributed by atoms with van der Waals surface area (Å²) in [5.41, 5.74) is 0. The van der Waals surface area contributed by atoms with Crippen molar-refractivity contribution in [1.29, 1.82) is 0 Å². The van der Waals surface area contributed by atoms with E-state index in [4.69, 9.17) is 0 Å². The zero-order chi connectivity index (χ0) is 10.4. The van der Waals surface area contributed by atoms with Crippen molar-refractivity contribution < 1.29 is 19.3 Å². The molecule has 0 spiro atoms. The summed E-state index contributed by atoms with van der Waals surface area (Å²) in [6.45, 7) is 1.58. The molecule has 0 aliphatic heterocycles. The molecule has 0 aromatic carbocycles. The first-order valence-electron chi connectivity index (χ1n) is 3.70. The third-order valence-electron chi connectivity index (χ3n) is 1.56. The first-order valence-corrected chi connectivity index (χ1v) is 3.70. The summed E-state index contributed by atoms with van der Waals surface area (Å²) < 4.78 is 0. The lowest BCUT2D eigenvalue weighted by molar-refractivity contribution is -0.306. The first kappa shape index (κ1) is 11.9. The number of hydrogen-bond donors (Lipinski definition) is 0. The molecule has 1 amide bonds. The molecular formula is C7H14N2O4. The van der Waals surface area contributed by atoms with Crippen LogP contribution >= 0.6 is 0 Å². The summed E-state index contributed by atoms with van der Waals surface area (Å²) in [6.07, 6.45) is -0.00223. The molecule has 0 heterocycles. The minimum Gasteiger partial charge on any atom is -0.325 e. The van der Waals surface area contributed by atoms with E-state index in [0.717, 1.165) is 10.1 Å². The zero-order valence-corrected chi connectivity index (χ0v) is 8.18. The number of carbonyl (C=O) groups is 2. The Morgan fingerprint density at radius 1 is 1.46 bits per heavy atom. The van der Waals surface area contributed by atoms with Crippen LogP contribution in [0.2, 0.25) is 0 Å². The highest BCUT2D eigenvalue weighted by molar-refractivity contribution is 5.72. The maximum Gasteiger partial charge on any atom is 0.431 e. The molecule has 1 unspecified atom stereocenters. The molecule has 0 bridgehead atoms. The molecule has 0 N–H and O–H groups in total. The van der Waals surface area contributed by atoms with Crippen LogP contribution in [0.5, 0.6) is 0 Å². The van der Waals surface area contributed by atoms with Crippen LogP contribution in [0.15, 0.2) is 0 Å². The number of hydrogen-bond acceptors (Lipinski definition) is 5. The summed E-state index contributed by atoms with van der Waals surface area (Å²) in [5, 5.41) is 0.899. The van der Waals surface area contributed by atoms with Gasteiger partial charge in [-0.1, -0.05) is 0 Å². The van der Waals surface area contributed by atoms with Gasteiger partial charge < -0.3 is 14.5 Å². The topological polar surface area (TPSA) is 59.1 Å². The Hall–Kier alpha value is -1.14. The second-order valence-electron chi connectivity index (χ2n) is 2.47. The van der Waals surface area contributed by atoms with Gasteiger partial charge in [0.05, 0.1) is 20.2 Å². The molecule has 0 aliphatic rings. The van der Waals surface area contributed by atoms with Crippen LogP contribution in [0.25, 0.3) is 0 Å². The van der Waals surface area contributed by atoms with Gasteiger partial charge in [-0.25, -0.2) is 4.79 Å². The minimum absolute atomic E-state index is 0.516. The number of carbonyl (C=O) groups excluding carboxylic acids is 2. The maximum atomic E-state index is 11.1. The predicted molar refractivity (Wildman–Crippen MR) is 44.5 cm³/mol. The molecule has 0 aromatic rings. The first-order chi connectivity index (χ1) is 6.02. The Morgan fingerprint density at radius 3 is 2.38 bits per heavy atom. The van der Waals surface area contributed by atoms with Gasteiger partial charge in [0.1, 0.15) is 6.29 Å². The molecule has 0 saturated heterocycles. The molecule has 76 valence electrons. The summed E-state index contributed by atoms with van der Waals surface area (Å²) in [6, 6.07) is -0.516. The van der Waals surface area contributed by atoms with Crippen LogP contribution in [0.3, 0.4) is 0 Å². The molecule has 1 atom stereocenters. The summed E-state index contributed by atoms with van der Waals surface area (Å²) in [5.74, 6) is 0. The third-order valence-corrected chi connectivity index (χ3v) is 1.56.